The average Bonchev–Trinajstić information content (AvgIpc) is 3.01. The van der Waals surface area contributed by atoms with Gasteiger partial charge < -0.3 is 9.30 Å². The molecule has 2 aromatic rings. The zero-order chi connectivity index (χ0) is 19.1. The molecule has 1 unspecified atom stereocenters. The highest BCUT2D eigenvalue weighted by molar-refractivity contribution is 7.98. The van der Waals surface area contributed by atoms with Crippen molar-refractivity contribution in [3.63, 3.8) is 0 Å². The smallest absolute Gasteiger partial charge is 0.191 e. The SMILES string of the molecule is CCCCn1c(SCc2cc(Cl)ccc2OC)nnc1C(CC)N(C)C. The zero-order valence-corrected chi connectivity index (χ0v) is 17.9. The quantitative estimate of drug-likeness (QED) is 0.526. The molecule has 0 bridgehead atoms. The minimum absolute atomic E-state index is 0.273. The van der Waals surface area contributed by atoms with Gasteiger partial charge in [-0.15, -0.1) is 10.2 Å². The summed E-state index contributed by atoms with van der Waals surface area (Å²) in [5, 5.41) is 10.7. The fraction of sp³-hybridized carbons (Fsp3) is 0.579. The Kier molecular flexibility index (Phi) is 8.25. The van der Waals surface area contributed by atoms with Crippen molar-refractivity contribution in [1.82, 2.24) is 19.7 Å². The molecule has 1 heterocycles. The molecule has 1 atom stereocenters. The third-order valence-corrected chi connectivity index (χ3v) is 5.64. The van der Waals surface area contributed by atoms with E-state index in [0.717, 1.165) is 53.9 Å². The molecule has 0 aliphatic rings. The molecule has 0 saturated carbocycles. The molecular weight excluding hydrogens is 368 g/mol. The maximum atomic E-state index is 6.15. The van der Waals surface area contributed by atoms with E-state index in [1.165, 1.54) is 0 Å². The summed E-state index contributed by atoms with van der Waals surface area (Å²) < 4.78 is 7.73. The molecule has 2 rings (SSSR count). The molecule has 0 fully saturated rings. The Labute approximate surface area is 166 Å². The van der Waals surface area contributed by atoms with E-state index < -0.39 is 0 Å². The van der Waals surface area contributed by atoms with Gasteiger partial charge in [-0.1, -0.05) is 43.6 Å². The van der Waals surface area contributed by atoms with Crippen LogP contribution < -0.4 is 4.74 Å². The molecule has 144 valence electrons. The Bertz CT molecular complexity index is 705. The summed E-state index contributed by atoms with van der Waals surface area (Å²) in [6.45, 7) is 5.34. The highest BCUT2D eigenvalue weighted by Gasteiger charge is 2.22. The highest BCUT2D eigenvalue weighted by Crippen LogP contribution is 2.31. The second-order valence-corrected chi connectivity index (χ2v) is 7.86. The van der Waals surface area contributed by atoms with Crippen LogP contribution in [0.25, 0.3) is 0 Å². The van der Waals surface area contributed by atoms with Gasteiger partial charge in [0.2, 0.25) is 0 Å². The topological polar surface area (TPSA) is 43.2 Å². The normalized spacial score (nSPS) is 12.6. The van der Waals surface area contributed by atoms with Gasteiger partial charge in [0.25, 0.3) is 0 Å². The van der Waals surface area contributed by atoms with Crippen molar-refractivity contribution in [2.24, 2.45) is 0 Å². The van der Waals surface area contributed by atoms with E-state index in [1.807, 2.05) is 18.2 Å². The minimum atomic E-state index is 0.273. The molecule has 0 N–H and O–H groups in total. The lowest BCUT2D eigenvalue weighted by Gasteiger charge is -2.23. The molecule has 26 heavy (non-hydrogen) atoms. The van der Waals surface area contributed by atoms with Crippen molar-refractivity contribution in [3.05, 3.63) is 34.6 Å². The van der Waals surface area contributed by atoms with Gasteiger partial charge in [-0.2, -0.15) is 0 Å². The third-order valence-electron chi connectivity index (χ3n) is 4.39. The standard InChI is InChI=1S/C19H29ClN4OS/c1-6-8-11-24-18(16(7-2)23(3)4)21-22-19(24)26-13-14-12-15(20)9-10-17(14)25-5/h9-10,12,16H,6-8,11,13H2,1-5H3. The van der Waals surface area contributed by atoms with Gasteiger partial charge in [0.05, 0.1) is 13.2 Å². The molecule has 0 radical (unpaired) electrons. The molecule has 7 heteroatoms. The molecule has 1 aromatic heterocycles. The molecule has 0 amide bonds. The minimum Gasteiger partial charge on any atom is -0.496 e. The maximum absolute atomic E-state index is 6.15. The number of ether oxygens (including phenoxy) is 1. The Hall–Kier alpha value is -1.24. The lowest BCUT2D eigenvalue weighted by atomic mass is 10.2. The fourth-order valence-electron chi connectivity index (χ4n) is 2.96. The van der Waals surface area contributed by atoms with Gasteiger partial charge in [0.1, 0.15) is 5.75 Å². The Morgan fingerprint density at radius 2 is 2.04 bits per heavy atom. The Morgan fingerprint density at radius 3 is 2.65 bits per heavy atom. The van der Waals surface area contributed by atoms with E-state index in [1.54, 1.807) is 18.9 Å². The number of nitrogens with zero attached hydrogens (tertiary/aromatic N) is 4. The number of thioether (sulfide) groups is 1. The third kappa shape index (κ3) is 5.15. The summed E-state index contributed by atoms with van der Waals surface area (Å²) in [6, 6.07) is 5.98. The van der Waals surface area contributed by atoms with Crippen LogP contribution in [0.4, 0.5) is 0 Å². The molecular formula is C19H29ClN4OS. The number of rotatable bonds is 10. The largest absolute Gasteiger partial charge is 0.496 e. The van der Waals surface area contributed by atoms with E-state index in [2.05, 4.69) is 47.6 Å². The van der Waals surface area contributed by atoms with Crippen LogP contribution in [-0.4, -0.2) is 40.9 Å². The predicted molar refractivity (Wildman–Crippen MR) is 109 cm³/mol. The summed E-state index contributed by atoms with van der Waals surface area (Å²) in [6.07, 6.45) is 3.26. The average molecular weight is 397 g/mol. The molecule has 0 aliphatic carbocycles. The van der Waals surface area contributed by atoms with Crippen molar-refractivity contribution in [2.45, 2.75) is 56.6 Å². The van der Waals surface area contributed by atoms with Crippen LogP contribution in [0.1, 0.15) is 50.5 Å². The number of benzene rings is 1. The zero-order valence-electron chi connectivity index (χ0n) is 16.3. The fourth-order valence-corrected chi connectivity index (χ4v) is 4.10. The van der Waals surface area contributed by atoms with E-state index >= 15 is 0 Å². The van der Waals surface area contributed by atoms with E-state index in [-0.39, 0.29) is 6.04 Å². The van der Waals surface area contributed by atoms with Gasteiger partial charge in [-0.25, -0.2) is 0 Å². The number of halogens is 1. The van der Waals surface area contributed by atoms with Gasteiger partial charge >= 0.3 is 0 Å². The number of aromatic nitrogens is 3. The Morgan fingerprint density at radius 1 is 1.27 bits per heavy atom. The number of methoxy groups -OCH3 is 1. The summed E-state index contributed by atoms with van der Waals surface area (Å²) in [5.41, 5.74) is 1.07. The van der Waals surface area contributed by atoms with Crippen LogP contribution in [-0.2, 0) is 12.3 Å². The summed E-state index contributed by atoms with van der Waals surface area (Å²) in [7, 11) is 5.87. The maximum Gasteiger partial charge on any atom is 0.191 e. The first-order valence-corrected chi connectivity index (χ1v) is 10.4. The van der Waals surface area contributed by atoms with Crippen LogP contribution in [0, 0.1) is 0 Å². The van der Waals surface area contributed by atoms with Gasteiger partial charge in [0, 0.05) is 22.9 Å². The first kappa shape index (κ1) is 21.1. The summed E-state index contributed by atoms with van der Waals surface area (Å²) >= 11 is 7.83. The first-order chi connectivity index (χ1) is 12.5. The van der Waals surface area contributed by atoms with Gasteiger partial charge in [-0.3, -0.25) is 4.90 Å². The lowest BCUT2D eigenvalue weighted by Crippen LogP contribution is -2.23. The van der Waals surface area contributed by atoms with E-state index in [0.29, 0.717) is 5.02 Å². The second kappa shape index (κ2) is 10.2. The molecule has 1 aromatic carbocycles. The van der Waals surface area contributed by atoms with Crippen molar-refractivity contribution in [1.29, 1.82) is 0 Å². The molecule has 5 nitrogen and oxygen atoms in total. The van der Waals surface area contributed by atoms with Crippen LogP contribution in [0.3, 0.4) is 0 Å². The van der Waals surface area contributed by atoms with Crippen LogP contribution >= 0.6 is 23.4 Å². The molecule has 0 aliphatic heterocycles. The van der Waals surface area contributed by atoms with Crippen molar-refractivity contribution in [2.75, 3.05) is 21.2 Å². The van der Waals surface area contributed by atoms with Crippen LogP contribution in [0.15, 0.2) is 23.4 Å². The van der Waals surface area contributed by atoms with E-state index in [4.69, 9.17) is 16.3 Å². The number of hydrogen-bond donors (Lipinski definition) is 0. The van der Waals surface area contributed by atoms with E-state index in [9.17, 15) is 0 Å². The predicted octanol–water partition coefficient (Wildman–Crippen LogP) is 5.05. The molecule has 0 saturated heterocycles. The Balaban J connectivity index is 2.26. The number of unbranched alkanes of at least 4 members (excludes halogenated alkanes) is 1. The van der Waals surface area contributed by atoms with Gasteiger partial charge in [-0.05, 0) is 45.1 Å². The van der Waals surface area contributed by atoms with Gasteiger partial charge in [0.15, 0.2) is 11.0 Å². The number of hydrogen-bond acceptors (Lipinski definition) is 5. The van der Waals surface area contributed by atoms with Crippen molar-refractivity contribution in [3.8, 4) is 5.75 Å². The molecule has 0 spiro atoms. The lowest BCUT2D eigenvalue weighted by molar-refractivity contribution is 0.270. The van der Waals surface area contributed by atoms with Crippen molar-refractivity contribution < 1.29 is 4.74 Å². The highest BCUT2D eigenvalue weighted by atomic mass is 35.5. The summed E-state index contributed by atoms with van der Waals surface area (Å²) in [4.78, 5) is 2.21. The summed E-state index contributed by atoms with van der Waals surface area (Å²) in [5.74, 6) is 2.64. The van der Waals surface area contributed by atoms with Crippen molar-refractivity contribution >= 4 is 23.4 Å². The van der Waals surface area contributed by atoms with Crippen LogP contribution in [0.2, 0.25) is 5.02 Å². The first-order valence-electron chi connectivity index (χ1n) is 9.06. The second-order valence-electron chi connectivity index (χ2n) is 6.48. The monoisotopic (exact) mass is 396 g/mol. The van der Waals surface area contributed by atoms with Crippen LogP contribution in [0.5, 0.6) is 5.75 Å².